The maximum absolute atomic E-state index is 11.4. The first-order valence-corrected chi connectivity index (χ1v) is 5.66. The van der Waals surface area contributed by atoms with Crippen LogP contribution in [0, 0.1) is 0 Å². The van der Waals surface area contributed by atoms with Crippen molar-refractivity contribution in [3.63, 3.8) is 0 Å². The average molecular weight is 229 g/mol. The van der Waals surface area contributed by atoms with Gasteiger partial charge in [0.25, 0.3) is 0 Å². The summed E-state index contributed by atoms with van der Waals surface area (Å²) in [5.74, 6) is 0.191. The molecule has 0 bridgehead atoms. The molecule has 0 atom stereocenters. The summed E-state index contributed by atoms with van der Waals surface area (Å²) in [4.78, 5) is 16.3. The molecular weight excluding hydrogens is 214 g/mol. The van der Waals surface area contributed by atoms with E-state index < -0.39 is 0 Å². The molecule has 0 aliphatic rings. The molecule has 0 amide bonds. The van der Waals surface area contributed by atoms with Gasteiger partial charge >= 0.3 is 0 Å². The Kier molecular flexibility index (Phi) is 6.15. The third-order valence-electron chi connectivity index (χ3n) is 1.81. The van der Waals surface area contributed by atoms with Crippen molar-refractivity contribution >= 4 is 17.1 Å². The van der Waals surface area contributed by atoms with Crippen molar-refractivity contribution in [1.29, 1.82) is 0 Å². The third-order valence-corrected chi connectivity index (χ3v) is 2.59. The summed E-state index contributed by atoms with van der Waals surface area (Å²) >= 11 is 1.51. The van der Waals surface area contributed by atoms with E-state index in [9.17, 15) is 4.79 Å². The zero-order valence-corrected chi connectivity index (χ0v) is 9.59. The van der Waals surface area contributed by atoms with E-state index in [0.29, 0.717) is 32.7 Å². The first-order chi connectivity index (χ1) is 7.33. The number of carbonyl (C=O) groups is 1. The zero-order valence-electron chi connectivity index (χ0n) is 8.77. The fourth-order valence-electron chi connectivity index (χ4n) is 1.04. The Hall–Kier alpha value is -0.780. The number of rotatable bonds is 8. The molecule has 4 nitrogen and oxygen atoms in total. The summed E-state index contributed by atoms with van der Waals surface area (Å²) in [6.45, 7) is 1.59. The maximum Gasteiger partial charge on any atom is 0.140 e. The highest BCUT2D eigenvalue weighted by molar-refractivity contribution is 7.09. The lowest BCUT2D eigenvalue weighted by atomic mass is 10.2. The molecule has 0 aliphatic carbocycles. The van der Waals surface area contributed by atoms with Crippen LogP contribution < -0.4 is 0 Å². The van der Waals surface area contributed by atoms with E-state index >= 15 is 0 Å². The average Bonchev–Trinajstić information content (AvgIpc) is 2.70. The Labute approximate surface area is 93.2 Å². The van der Waals surface area contributed by atoms with Crippen LogP contribution in [-0.4, -0.2) is 37.7 Å². The molecule has 0 aliphatic heterocycles. The van der Waals surface area contributed by atoms with Crippen LogP contribution in [0.3, 0.4) is 0 Å². The Morgan fingerprint density at radius 1 is 1.47 bits per heavy atom. The molecule has 0 N–H and O–H groups in total. The standard InChI is InChI=1S/C10H15NO3S/c1-13-4-5-14-3-2-9(12)6-10-7-11-8-15-10/h7-8H,2-6H2,1H3. The van der Waals surface area contributed by atoms with Gasteiger partial charge in [0.15, 0.2) is 0 Å². The van der Waals surface area contributed by atoms with Gasteiger partial charge in [0.1, 0.15) is 5.78 Å². The van der Waals surface area contributed by atoms with Gasteiger partial charge in [-0.05, 0) is 0 Å². The van der Waals surface area contributed by atoms with Crippen LogP contribution in [0.1, 0.15) is 11.3 Å². The van der Waals surface area contributed by atoms with E-state index in [2.05, 4.69) is 4.98 Å². The van der Waals surface area contributed by atoms with Gasteiger partial charge < -0.3 is 9.47 Å². The highest BCUT2D eigenvalue weighted by Gasteiger charge is 2.04. The highest BCUT2D eigenvalue weighted by Crippen LogP contribution is 2.07. The second-order valence-electron chi connectivity index (χ2n) is 3.04. The summed E-state index contributed by atoms with van der Waals surface area (Å²) in [7, 11) is 1.62. The molecule has 84 valence electrons. The Morgan fingerprint density at radius 2 is 2.33 bits per heavy atom. The minimum atomic E-state index is 0.191. The zero-order chi connectivity index (χ0) is 10.9. The molecule has 0 aromatic carbocycles. The first kappa shape index (κ1) is 12.3. The third kappa shape index (κ3) is 5.61. The molecule has 0 fully saturated rings. The van der Waals surface area contributed by atoms with Gasteiger partial charge in [0.05, 0.1) is 25.3 Å². The van der Waals surface area contributed by atoms with Crippen molar-refractivity contribution in [2.24, 2.45) is 0 Å². The number of ketones is 1. The predicted octanol–water partition coefficient (Wildman–Crippen LogP) is 1.31. The molecule has 0 saturated heterocycles. The lowest BCUT2D eigenvalue weighted by molar-refractivity contribution is -0.119. The second kappa shape index (κ2) is 7.50. The van der Waals surface area contributed by atoms with Gasteiger partial charge in [0, 0.05) is 31.0 Å². The Balaban J connectivity index is 2.04. The summed E-state index contributed by atoms with van der Waals surface area (Å²) in [6.07, 6.45) is 2.66. The molecule has 15 heavy (non-hydrogen) atoms. The molecule has 1 aromatic rings. The van der Waals surface area contributed by atoms with Gasteiger partial charge in [-0.2, -0.15) is 0 Å². The van der Waals surface area contributed by atoms with Crippen molar-refractivity contribution in [2.75, 3.05) is 26.9 Å². The van der Waals surface area contributed by atoms with E-state index in [4.69, 9.17) is 9.47 Å². The van der Waals surface area contributed by atoms with Crippen LogP contribution in [0.25, 0.3) is 0 Å². The van der Waals surface area contributed by atoms with E-state index in [-0.39, 0.29) is 5.78 Å². The SMILES string of the molecule is COCCOCCC(=O)Cc1cncs1. The molecule has 0 unspecified atom stereocenters. The van der Waals surface area contributed by atoms with E-state index in [1.54, 1.807) is 18.8 Å². The maximum atomic E-state index is 11.4. The van der Waals surface area contributed by atoms with Gasteiger partial charge in [-0.3, -0.25) is 9.78 Å². The number of hydrogen-bond acceptors (Lipinski definition) is 5. The van der Waals surface area contributed by atoms with Crippen molar-refractivity contribution in [3.05, 3.63) is 16.6 Å². The number of Topliss-reactive ketones (excluding diaryl/α,β-unsaturated/α-hetero) is 1. The number of methoxy groups -OCH3 is 1. The molecule has 0 saturated carbocycles. The number of nitrogens with zero attached hydrogens (tertiary/aromatic N) is 1. The number of carbonyl (C=O) groups excluding carboxylic acids is 1. The summed E-state index contributed by atoms with van der Waals surface area (Å²) in [5, 5.41) is 0. The summed E-state index contributed by atoms with van der Waals surface area (Å²) in [6, 6.07) is 0. The van der Waals surface area contributed by atoms with Crippen molar-refractivity contribution in [3.8, 4) is 0 Å². The monoisotopic (exact) mass is 229 g/mol. The molecule has 1 heterocycles. The smallest absolute Gasteiger partial charge is 0.140 e. The van der Waals surface area contributed by atoms with Crippen LogP contribution in [0.5, 0.6) is 0 Å². The molecule has 1 rings (SSSR count). The number of ether oxygens (including phenoxy) is 2. The topological polar surface area (TPSA) is 48.4 Å². The van der Waals surface area contributed by atoms with E-state index in [0.717, 1.165) is 4.88 Å². The summed E-state index contributed by atoms with van der Waals surface area (Å²) in [5.41, 5.74) is 1.73. The normalized spacial score (nSPS) is 10.5. The van der Waals surface area contributed by atoms with Crippen LogP contribution in [0.4, 0.5) is 0 Å². The first-order valence-electron chi connectivity index (χ1n) is 4.78. The predicted molar refractivity (Wildman–Crippen MR) is 58.1 cm³/mol. The largest absolute Gasteiger partial charge is 0.382 e. The summed E-state index contributed by atoms with van der Waals surface area (Å²) < 4.78 is 10.0. The molecule has 1 aromatic heterocycles. The van der Waals surface area contributed by atoms with Gasteiger partial charge in [0.2, 0.25) is 0 Å². The highest BCUT2D eigenvalue weighted by atomic mass is 32.1. The van der Waals surface area contributed by atoms with Crippen molar-refractivity contribution < 1.29 is 14.3 Å². The lowest BCUT2D eigenvalue weighted by Gasteiger charge is -2.02. The molecule has 0 radical (unpaired) electrons. The number of thiazole rings is 1. The van der Waals surface area contributed by atoms with Crippen molar-refractivity contribution in [1.82, 2.24) is 4.98 Å². The van der Waals surface area contributed by atoms with Crippen LogP contribution in [-0.2, 0) is 20.7 Å². The van der Waals surface area contributed by atoms with Gasteiger partial charge in [-0.15, -0.1) is 11.3 Å². The van der Waals surface area contributed by atoms with Crippen LogP contribution in [0.2, 0.25) is 0 Å². The number of hydrogen-bond donors (Lipinski definition) is 0. The Morgan fingerprint density at radius 3 is 3.00 bits per heavy atom. The molecule has 0 spiro atoms. The Bertz CT molecular complexity index is 274. The number of aromatic nitrogens is 1. The fraction of sp³-hybridized carbons (Fsp3) is 0.600. The van der Waals surface area contributed by atoms with Gasteiger partial charge in [-0.1, -0.05) is 0 Å². The fourth-order valence-corrected chi connectivity index (χ4v) is 1.67. The molecule has 5 heteroatoms. The van der Waals surface area contributed by atoms with Gasteiger partial charge in [-0.25, -0.2) is 0 Å². The van der Waals surface area contributed by atoms with E-state index in [1.807, 2.05) is 0 Å². The lowest BCUT2D eigenvalue weighted by Crippen LogP contribution is -2.09. The van der Waals surface area contributed by atoms with E-state index in [1.165, 1.54) is 11.3 Å². The van der Waals surface area contributed by atoms with Crippen LogP contribution >= 0.6 is 11.3 Å². The molecular formula is C10H15NO3S. The minimum absolute atomic E-state index is 0.191. The van der Waals surface area contributed by atoms with Crippen LogP contribution in [0.15, 0.2) is 11.7 Å². The quantitative estimate of drug-likeness (QED) is 0.631. The van der Waals surface area contributed by atoms with Crippen molar-refractivity contribution in [2.45, 2.75) is 12.8 Å². The second-order valence-corrected chi connectivity index (χ2v) is 4.01. The minimum Gasteiger partial charge on any atom is -0.382 e.